The number of ether oxygens (including phenoxy) is 2. The van der Waals surface area contributed by atoms with Crippen molar-refractivity contribution in [2.45, 2.75) is 96.0 Å². The molecular weight excluding hydrogens is 490 g/mol. The number of hydrogen-bond acceptors (Lipinski definition) is 7. The van der Waals surface area contributed by atoms with E-state index in [1.165, 1.54) is 12.0 Å². The molecule has 222 valence electrons. The Hall–Kier alpha value is -1.45. The molecular formula is C31H55N5O3. The average molecular weight is 546 g/mol. The van der Waals surface area contributed by atoms with Crippen LogP contribution < -0.4 is 5.32 Å². The van der Waals surface area contributed by atoms with Gasteiger partial charge in [0.1, 0.15) is 11.9 Å². The number of carbonyl (C=O) groups is 1. The number of rotatable bonds is 14. The summed E-state index contributed by atoms with van der Waals surface area (Å²) in [5, 5.41) is 3.74. The van der Waals surface area contributed by atoms with Crippen molar-refractivity contribution in [3.8, 4) is 0 Å². The maximum Gasteiger partial charge on any atom is 0.236 e. The Morgan fingerprint density at radius 1 is 1.13 bits per heavy atom. The van der Waals surface area contributed by atoms with Gasteiger partial charge >= 0.3 is 0 Å². The van der Waals surface area contributed by atoms with Gasteiger partial charge in [-0.15, -0.1) is 0 Å². The van der Waals surface area contributed by atoms with Crippen LogP contribution in [0.4, 0.5) is 0 Å². The summed E-state index contributed by atoms with van der Waals surface area (Å²) < 4.78 is 11.4. The number of hydrogen-bond donors (Lipinski definition) is 1. The third-order valence-corrected chi connectivity index (χ3v) is 9.41. The van der Waals surface area contributed by atoms with Gasteiger partial charge in [-0.2, -0.15) is 0 Å². The average Bonchev–Trinajstić information content (AvgIpc) is 3.55. The Kier molecular flexibility index (Phi) is 11.7. The second-order valence-corrected chi connectivity index (χ2v) is 12.5. The quantitative estimate of drug-likeness (QED) is 0.334. The Bertz CT molecular complexity index is 846. The molecule has 5 atom stereocenters. The largest absolute Gasteiger partial charge is 0.469 e. The van der Waals surface area contributed by atoms with Crippen molar-refractivity contribution in [2.75, 3.05) is 67.2 Å². The fourth-order valence-electron chi connectivity index (χ4n) is 6.68. The van der Waals surface area contributed by atoms with Crippen LogP contribution in [0.3, 0.4) is 0 Å². The highest BCUT2D eigenvalue weighted by molar-refractivity contribution is 5.78. The predicted octanol–water partition coefficient (Wildman–Crippen LogP) is 3.65. The second-order valence-electron chi connectivity index (χ2n) is 12.5. The first-order valence-electron chi connectivity index (χ1n) is 15.6. The van der Waals surface area contributed by atoms with Crippen molar-refractivity contribution in [3.63, 3.8) is 0 Å². The molecule has 0 aromatic carbocycles. The minimum absolute atomic E-state index is 0.0763. The van der Waals surface area contributed by atoms with Crippen LogP contribution in [0.15, 0.2) is 23.5 Å². The van der Waals surface area contributed by atoms with E-state index in [-0.39, 0.29) is 6.10 Å². The molecule has 8 heteroatoms. The fraction of sp³-hybridized carbons (Fsp3) is 0.839. The number of unbranched alkanes of at least 4 members (excludes halogenated alkanes) is 2. The zero-order chi connectivity index (χ0) is 27.8. The lowest BCUT2D eigenvalue weighted by Crippen LogP contribution is -2.53. The first-order chi connectivity index (χ1) is 18.9. The van der Waals surface area contributed by atoms with Crippen LogP contribution in [0.1, 0.15) is 71.6 Å². The van der Waals surface area contributed by atoms with Crippen LogP contribution in [0.25, 0.3) is 0 Å². The lowest BCUT2D eigenvalue weighted by Gasteiger charge is -2.39. The summed E-state index contributed by atoms with van der Waals surface area (Å²) in [6, 6.07) is 1.05. The van der Waals surface area contributed by atoms with Gasteiger partial charge in [0.05, 0.1) is 12.7 Å². The summed E-state index contributed by atoms with van der Waals surface area (Å²) in [7, 11) is 6.49. The zero-order valence-corrected chi connectivity index (χ0v) is 25.4. The molecule has 0 saturated carbocycles. The standard InChI is InChI=1S/C31H55N5O3/c1-6-7-17-35(18-9-8-16-33(3)4)31(37)22-36-21-26(25-10-12-28-29(20-25)39-23-38-28)19-27(36)11-13-30-32-15-14-24(2)34(30)5/h10,12,24,26-27,29-30,32H,6-9,11,13-23H2,1-5H3/t24?,26-,27+,29?,30?/m1/s1. The first-order valence-corrected chi connectivity index (χ1v) is 15.6. The minimum Gasteiger partial charge on any atom is -0.469 e. The molecule has 0 spiro atoms. The van der Waals surface area contributed by atoms with E-state index >= 15 is 0 Å². The summed E-state index contributed by atoms with van der Waals surface area (Å²) in [5.41, 5.74) is 1.46. The molecule has 3 aliphatic heterocycles. The summed E-state index contributed by atoms with van der Waals surface area (Å²) in [4.78, 5) is 23.1. The zero-order valence-electron chi connectivity index (χ0n) is 25.4. The molecule has 4 aliphatic rings. The molecule has 0 bridgehead atoms. The van der Waals surface area contributed by atoms with E-state index in [0.717, 1.165) is 89.8 Å². The van der Waals surface area contributed by atoms with E-state index in [9.17, 15) is 4.79 Å². The number of fused-ring (bicyclic) bond motifs is 1. The molecule has 1 N–H and O–H groups in total. The lowest BCUT2D eigenvalue weighted by molar-refractivity contribution is -0.132. The SMILES string of the molecule is CCCCN(CCCCN(C)C)C(=O)CN1C[C@H](C2=CC=C3OCOC3C2)C[C@@H]1CCC1NCCC(C)N1C. The van der Waals surface area contributed by atoms with E-state index in [0.29, 0.717) is 43.4 Å². The van der Waals surface area contributed by atoms with Crippen LogP contribution in [0, 0.1) is 5.92 Å². The predicted molar refractivity (Wildman–Crippen MR) is 157 cm³/mol. The number of nitrogens with one attached hydrogen (secondary N) is 1. The molecule has 8 nitrogen and oxygen atoms in total. The van der Waals surface area contributed by atoms with Gasteiger partial charge < -0.3 is 24.6 Å². The van der Waals surface area contributed by atoms with Crippen LogP contribution in [0.5, 0.6) is 0 Å². The van der Waals surface area contributed by atoms with E-state index in [2.05, 4.69) is 72.1 Å². The molecule has 39 heavy (non-hydrogen) atoms. The molecule has 4 rings (SSSR count). The van der Waals surface area contributed by atoms with Crippen LogP contribution >= 0.6 is 0 Å². The summed E-state index contributed by atoms with van der Waals surface area (Å²) in [6.07, 6.45) is 14.8. The maximum absolute atomic E-state index is 13.7. The third-order valence-electron chi connectivity index (χ3n) is 9.41. The minimum atomic E-state index is 0.0763. The van der Waals surface area contributed by atoms with Crippen LogP contribution in [-0.2, 0) is 14.3 Å². The Labute approximate surface area is 237 Å². The van der Waals surface area contributed by atoms with Crippen LogP contribution in [-0.4, -0.2) is 117 Å². The Morgan fingerprint density at radius 3 is 2.72 bits per heavy atom. The van der Waals surface area contributed by atoms with Crippen molar-refractivity contribution in [2.24, 2.45) is 5.92 Å². The smallest absolute Gasteiger partial charge is 0.236 e. The molecule has 3 unspecified atom stereocenters. The molecule has 3 heterocycles. The Balaban J connectivity index is 1.40. The second kappa shape index (κ2) is 15.0. The van der Waals surface area contributed by atoms with Crippen molar-refractivity contribution in [3.05, 3.63) is 23.5 Å². The molecule has 3 fully saturated rings. The number of allylic oxidation sites excluding steroid dienone is 2. The van der Waals surface area contributed by atoms with Gasteiger partial charge in [0.2, 0.25) is 5.91 Å². The van der Waals surface area contributed by atoms with Gasteiger partial charge in [-0.1, -0.05) is 25.0 Å². The van der Waals surface area contributed by atoms with Crippen molar-refractivity contribution in [1.82, 2.24) is 24.9 Å². The van der Waals surface area contributed by atoms with Gasteiger partial charge in [0, 0.05) is 38.1 Å². The van der Waals surface area contributed by atoms with Gasteiger partial charge in [0.15, 0.2) is 6.79 Å². The third kappa shape index (κ3) is 8.52. The lowest BCUT2D eigenvalue weighted by atomic mass is 9.87. The summed E-state index contributed by atoms with van der Waals surface area (Å²) >= 11 is 0. The summed E-state index contributed by atoms with van der Waals surface area (Å²) in [6.45, 7) is 10.3. The molecule has 1 amide bonds. The molecule has 0 aromatic rings. The maximum atomic E-state index is 13.7. The Morgan fingerprint density at radius 2 is 1.92 bits per heavy atom. The van der Waals surface area contributed by atoms with Crippen molar-refractivity contribution in [1.29, 1.82) is 0 Å². The van der Waals surface area contributed by atoms with Crippen molar-refractivity contribution < 1.29 is 14.3 Å². The molecule has 3 saturated heterocycles. The monoisotopic (exact) mass is 545 g/mol. The number of likely N-dealkylation sites (tertiary alicyclic amines) is 1. The van der Waals surface area contributed by atoms with E-state index < -0.39 is 0 Å². The van der Waals surface area contributed by atoms with E-state index in [4.69, 9.17) is 9.47 Å². The van der Waals surface area contributed by atoms with E-state index in [1.54, 1.807) is 0 Å². The highest BCUT2D eigenvalue weighted by Gasteiger charge is 2.38. The van der Waals surface area contributed by atoms with E-state index in [1.807, 2.05) is 0 Å². The number of amides is 1. The van der Waals surface area contributed by atoms with Gasteiger partial charge in [-0.05, 0) is 98.1 Å². The van der Waals surface area contributed by atoms with Gasteiger partial charge in [-0.25, -0.2) is 0 Å². The molecule has 1 aliphatic carbocycles. The molecule has 0 radical (unpaired) electrons. The number of nitrogens with zero attached hydrogens (tertiary/aromatic N) is 4. The molecule has 0 aromatic heterocycles. The normalized spacial score (nSPS) is 29.7. The van der Waals surface area contributed by atoms with Gasteiger partial charge in [0.25, 0.3) is 0 Å². The highest BCUT2D eigenvalue weighted by Crippen LogP contribution is 2.38. The topological polar surface area (TPSA) is 60.5 Å². The number of carbonyl (C=O) groups excluding carboxylic acids is 1. The van der Waals surface area contributed by atoms with Gasteiger partial charge in [-0.3, -0.25) is 14.6 Å². The van der Waals surface area contributed by atoms with Crippen molar-refractivity contribution >= 4 is 5.91 Å². The summed E-state index contributed by atoms with van der Waals surface area (Å²) in [5.74, 6) is 1.76. The fourth-order valence-corrected chi connectivity index (χ4v) is 6.68. The first kappa shape index (κ1) is 30.5. The highest BCUT2D eigenvalue weighted by atomic mass is 16.7. The van der Waals surface area contributed by atoms with Crippen LogP contribution in [0.2, 0.25) is 0 Å².